The Labute approximate surface area is 95.1 Å². The number of likely N-dealkylation sites (N-methyl/N-ethyl adjacent to an activating group) is 1. The number of carbonyl (C=O) groups excluding carboxylic acids is 1. The summed E-state index contributed by atoms with van der Waals surface area (Å²) in [5, 5.41) is 8.81. The van der Waals surface area contributed by atoms with Gasteiger partial charge < -0.3 is 10.0 Å². The van der Waals surface area contributed by atoms with Crippen LogP contribution in [0.1, 0.15) is 17.3 Å². The van der Waals surface area contributed by atoms with E-state index in [0.717, 1.165) is 4.90 Å². The predicted octanol–water partition coefficient (Wildman–Crippen LogP) is 1.43. The van der Waals surface area contributed by atoms with Gasteiger partial charge in [0.05, 0.1) is 6.61 Å². The Morgan fingerprint density at radius 1 is 1.53 bits per heavy atom. The van der Waals surface area contributed by atoms with Crippen molar-refractivity contribution >= 4 is 18.5 Å². The van der Waals surface area contributed by atoms with Gasteiger partial charge in [0.2, 0.25) is 0 Å². The lowest BCUT2D eigenvalue weighted by Crippen LogP contribution is -2.33. The van der Waals surface area contributed by atoms with Crippen LogP contribution in [0.25, 0.3) is 0 Å². The molecule has 0 fully saturated rings. The normalized spacial score (nSPS) is 10.1. The van der Waals surface area contributed by atoms with Gasteiger partial charge >= 0.3 is 0 Å². The minimum Gasteiger partial charge on any atom is -0.395 e. The third kappa shape index (κ3) is 3.25. The van der Waals surface area contributed by atoms with Crippen molar-refractivity contribution in [3.63, 3.8) is 0 Å². The monoisotopic (exact) mass is 225 g/mol. The molecule has 1 amide bonds. The van der Waals surface area contributed by atoms with Gasteiger partial charge in [0.25, 0.3) is 5.91 Å². The second-order valence-electron chi connectivity index (χ2n) is 3.16. The molecule has 1 N–H and O–H groups in total. The molecule has 3 nitrogen and oxygen atoms in total. The lowest BCUT2D eigenvalue weighted by Gasteiger charge is -2.19. The molecule has 0 unspecified atom stereocenters. The standard InChI is InChI=1S/C11H15NO2S/c1-2-12(6-7-13)11(14)9-4-3-5-10(15)8-9/h3-5,8,13,15H,2,6-7H2,1H3. The van der Waals surface area contributed by atoms with Crippen LogP contribution >= 0.6 is 12.6 Å². The molecular formula is C11H15NO2S. The van der Waals surface area contributed by atoms with E-state index in [1.54, 1.807) is 23.1 Å². The van der Waals surface area contributed by atoms with Crippen LogP contribution in [0.2, 0.25) is 0 Å². The minimum atomic E-state index is -0.0672. The first-order valence-corrected chi connectivity index (χ1v) is 5.33. The Morgan fingerprint density at radius 3 is 2.80 bits per heavy atom. The topological polar surface area (TPSA) is 40.5 Å². The molecule has 0 heterocycles. The third-order valence-corrected chi connectivity index (χ3v) is 2.41. The van der Waals surface area contributed by atoms with E-state index in [-0.39, 0.29) is 12.5 Å². The maximum Gasteiger partial charge on any atom is 0.253 e. The van der Waals surface area contributed by atoms with Gasteiger partial charge in [0.15, 0.2) is 0 Å². The van der Waals surface area contributed by atoms with Crippen molar-refractivity contribution in [2.75, 3.05) is 19.7 Å². The Hall–Kier alpha value is -1.00. The Bertz CT molecular complexity index is 341. The van der Waals surface area contributed by atoms with Crippen molar-refractivity contribution in [3.8, 4) is 0 Å². The summed E-state index contributed by atoms with van der Waals surface area (Å²) in [5.74, 6) is -0.0672. The summed E-state index contributed by atoms with van der Waals surface area (Å²) in [5.41, 5.74) is 0.609. The molecule has 82 valence electrons. The van der Waals surface area contributed by atoms with Gasteiger partial charge in [0, 0.05) is 23.5 Å². The summed E-state index contributed by atoms with van der Waals surface area (Å²) < 4.78 is 0. The number of aliphatic hydroxyl groups is 1. The Kier molecular flexibility index (Phi) is 4.65. The van der Waals surface area contributed by atoms with Gasteiger partial charge in [0.1, 0.15) is 0 Å². The highest BCUT2D eigenvalue weighted by Gasteiger charge is 2.12. The number of rotatable bonds is 4. The van der Waals surface area contributed by atoms with Crippen molar-refractivity contribution in [2.24, 2.45) is 0 Å². The molecule has 0 aliphatic heterocycles. The summed E-state index contributed by atoms with van der Waals surface area (Å²) in [6, 6.07) is 7.10. The van der Waals surface area contributed by atoms with E-state index < -0.39 is 0 Å². The number of nitrogens with zero attached hydrogens (tertiary/aromatic N) is 1. The van der Waals surface area contributed by atoms with Gasteiger partial charge in [-0.3, -0.25) is 4.79 Å². The SMILES string of the molecule is CCN(CCO)C(=O)c1cccc(S)c1. The minimum absolute atomic E-state index is 0.0137. The first-order valence-electron chi connectivity index (χ1n) is 4.88. The molecule has 1 aromatic carbocycles. The molecule has 0 aromatic heterocycles. The van der Waals surface area contributed by atoms with Crippen LogP contribution < -0.4 is 0 Å². The largest absolute Gasteiger partial charge is 0.395 e. The fourth-order valence-electron chi connectivity index (χ4n) is 1.35. The first kappa shape index (κ1) is 12.1. The summed E-state index contributed by atoms with van der Waals surface area (Å²) in [4.78, 5) is 14.3. The quantitative estimate of drug-likeness (QED) is 0.761. The number of thiol groups is 1. The fraction of sp³-hybridized carbons (Fsp3) is 0.364. The lowest BCUT2D eigenvalue weighted by atomic mass is 10.2. The third-order valence-electron chi connectivity index (χ3n) is 2.13. The molecule has 0 atom stereocenters. The zero-order valence-electron chi connectivity index (χ0n) is 8.68. The molecule has 4 heteroatoms. The highest BCUT2D eigenvalue weighted by Crippen LogP contribution is 2.11. The highest BCUT2D eigenvalue weighted by atomic mass is 32.1. The van der Waals surface area contributed by atoms with Gasteiger partial charge in [-0.05, 0) is 25.1 Å². The second kappa shape index (κ2) is 5.78. The smallest absolute Gasteiger partial charge is 0.253 e. The van der Waals surface area contributed by atoms with E-state index in [9.17, 15) is 4.79 Å². The average molecular weight is 225 g/mol. The molecule has 0 aliphatic carbocycles. The van der Waals surface area contributed by atoms with Crippen LogP contribution in [0, 0.1) is 0 Å². The molecule has 15 heavy (non-hydrogen) atoms. The van der Waals surface area contributed by atoms with Crippen LogP contribution in [-0.4, -0.2) is 35.6 Å². The predicted molar refractivity (Wildman–Crippen MR) is 62.4 cm³/mol. The number of aliphatic hydroxyl groups excluding tert-OH is 1. The van der Waals surface area contributed by atoms with Crippen LogP contribution in [0.4, 0.5) is 0 Å². The number of hydrogen-bond acceptors (Lipinski definition) is 3. The van der Waals surface area contributed by atoms with Gasteiger partial charge in [-0.25, -0.2) is 0 Å². The van der Waals surface area contributed by atoms with E-state index in [1.165, 1.54) is 0 Å². The van der Waals surface area contributed by atoms with E-state index in [1.807, 2.05) is 13.0 Å². The Balaban J connectivity index is 2.82. The summed E-state index contributed by atoms with van der Waals surface area (Å²) in [6.07, 6.45) is 0. The van der Waals surface area contributed by atoms with Crippen molar-refractivity contribution in [1.29, 1.82) is 0 Å². The van der Waals surface area contributed by atoms with Crippen molar-refractivity contribution in [2.45, 2.75) is 11.8 Å². The van der Waals surface area contributed by atoms with Gasteiger partial charge in [-0.1, -0.05) is 6.07 Å². The number of hydrogen-bond donors (Lipinski definition) is 2. The van der Waals surface area contributed by atoms with Crippen LogP contribution in [0.5, 0.6) is 0 Å². The lowest BCUT2D eigenvalue weighted by molar-refractivity contribution is 0.0731. The van der Waals surface area contributed by atoms with E-state index in [4.69, 9.17) is 5.11 Å². The van der Waals surface area contributed by atoms with Crippen LogP contribution in [-0.2, 0) is 0 Å². The number of carbonyl (C=O) groups is 1. The van der Waals surface area contributed by atoms with Crippen LogP contribution in [0.3, 0.4) is 0 Å². The zero-order valence-corrected chi connectivity index (χ0v) is 9.58. The molecule has 0 bridgehead atoms. The summed E-state index contributed by atoms with van der Waals surface area (Å²) in [6.45, 7) is 2.83. The number of benzene rings is 1. The van der Waals surface area contributed by atoms with E-state index in [2.05, 4.69) is 12.6 Å². The van der Waals surface area contributed by atoms with Crippen molar-refractivity contribution in [1.82, 2.24) is 4.90 Å². The van der Waals surface area contributed by atoms with Gasteiger partial charge in [-0.2, -0.15) is 0 Å². The molecule has 1 rings (SSSR count). The maximum absolute atomic E-state index is 11.9. The van der Waals surface area contributed by atoms with Gasteiger partial charge in [-0.15, -0.1) is 12.6 Å². The molecule has 0 spiro atoms. The summed E-state index contributed by atoms with van der Waals surface area (Å²) in [7, 11) is 0. The van der Waals surface area contributed by atoms with E-state index >= 15 is 0 Å². The molecule has 1 aromatic rings. The first-order chi connectivity index (χ1) is 7.19. The average Bonchev–Trinajstić information content (AvgIpc) is 2.25. The molecule has 0 aliphatic rings. The Morgan fingerprint density at radius 2 is 2.27 bits per heavy atom. The second-order valence-corrected chi connectivity index (χ2v) is 3.68. The maximum atomic E-state index is 11.9. The van der Waals surface area contributed by atoms with Crippen molar-refractivity contribution < 1.29 is 9.90 Å². The molecule has 0 saturated heterocycles. The highest BCUT2D eigenvalue weighted by molar-refractivity contribution is 7.80. The number of amides is 1. The fourth-order valence-corrected chi connectivity index (χ4v) is 1.57. The van der Waals surface area contributed by atoms with E-state index in [0.29, 0.717) is 18.7 Å². The molecular weight excluding hydrogens is 210 g/mol. The summed E-state index contributed by atoms with van der Waals surface area (Å²) >= 11 is 4.18. The molecule has 0 radical (unpaired) electrons. The van der Waals surface area contributed by atoms with Crippen molar-refractivity contribution in [3.05, 3.63) is 29.8 Å². The zero-order chi connectivity index (χ0) is 11.3. The molecule has 0 saturated carbocycles. The van der Waals surface area contributed by atoms with Crippen LogP contribution in [0.15, 0.2) is 29.2 Å².